The van der Waals surface area contributed by atoms with E-state index in [0.717, 1.165) is 31.7 Å². The van der Waals surface area contributed by atoms with Crippen molar-refractivity contribution in [3.05, 3.63) is 145 Å². The van der Waals surface area contributed by atoms with Crippen LogP contribution < -0.4 is 71.3 Å². The number of carbonyl (C=O) groups excluding carboxylic acids is 3. The second kappa shape index (κ2) is 32.5. The van der Waals surface area contributed by atoms with E-state index in [4.69, 9.17) is 71.8 Å². The highest BCUT2D eigenvalue weighted by molar-refractivity contribution is 8.00. The van der Waals surface area contributed by atoms with Crippen LogP contribution in [0, 0.1) is 19.7 Å². The maximum absolute atomic E-state index is 12.7. The van der Waals surface area contributed by atoms with Crippen molar-refractivity contribution in [1.29, 1.82) is 0 Å². The maximum atomic E-state index is 12.7. The number of pyridine rings is 3. The molecule has 3 saturated heterocycles. The fourth-order valence-electron chi connectivity index (χ4n) is 10.2. The molecule has 0 radical (unpaired) electrons. The number of nitrogens with zero attached hydrogens (tertiary/aromatic N) is 6. The Morgan fingerprint density at radius 3 is 1.24 bits per heavy atom. The number of hydrogen-bond donors (Lipinski definition) is 3. The third-order valence-electron chi connectivity index (χ3n) is 14.4. The number of amides is 3. The lowest BCUT2D eigenvalue weighted by molar-refractivity contribution is -0.114. The molecule has 3 aliphatic heterocycles. The first-order valence-corrected chi connectivity index (χ1v) is 32.4. The van der Waals surface area contributed by atoms with Gasteiger partial charge in [0.2, 0.25) is 34.8 Å². The summed E-state index contributed by atoms with van der Waals surface area (Å²) in [7, 11) is 4.64. The zero-order valence-corrected chi connectivity index (χ0v) is 53.8. The van der Waals surface area contributed by atoms with Crippen molar-refractivity contribution in [2.24, 2.45) is 0 Å². The van der Waals surface area contributed by atoms with E-state index < -0.39 is 0 Å². The van der Waals surface area contributed by atoms with Gasteiger partial charge in [0.05, 0.1) is 144 Å². The molecule has 6 aromatic rings. The monoisotopic (exact) mass is 1320 g/mol. The fraction of sp³-hybridized carbons (Fsp3) is 0.328. The van der Waals surface area contributed by atoms with Gasteiger partial charge in [-0.3, -0.25) is 29.3 Å². The molecule has 480 valence electrons. The molecule has 0 spiro atoms. The summed E-state index contributed by atoms with van der Waals surface area (Å²) in [6.07, 6.45) is 10.6. The number of aromatic nitrogens is 3. The summed E-state index contributed by atoms with van der Waals surface area (Å²) in [5, 5.41) is 14.8. The van der Waals surface area contributed by atoms with Crippen molar-refractivity contribution < 1.29 is 66.5 Å². The topological polar surface area (TPSA) is 241 Å². The highest BCUT2D eigenvalue weighted by Gasteiger charge is 2.29. The highest BCUT2D eigenvalue weighted by Crippen LogP contribution is 2.34. The van der Waals surface area contributed by atoms with Crippen molar-refractivity contribution >= 4 is 124 Å². The Kier molecular flexibility index (Phi) is 23.4. The molecule has 6 heterocycles. The van der Waals surface area contributed by atoms with Crippen molar-refractivity contribution in [1.82, 2.24) is 15.0 Å². The van der Waals surface area contributed by atoms with E-state index in [2.05, 4.69) is 45.4 Å². The number of rotatable bonds is 19. The van der Waals surface area contributed by atoms with Gasteiger partial charge >= 0.3 is 0 Å². The zero-order chi connectivity index (χ0) is 65.2. The van der Waals surface area contributed by atoms with Gasteiger partial charge in [-0.05, 0) is 121 Å². The number of carbonyl (C=O) groups is 3. The molecule has 6 aliphatic rings. The molecule has 3 aromatic carbocycles. The first-order valence-electron chi connectivity index (χ1n) is 29.5. The number of fused-ring (bicyclic) bond motifs is 6. The molecule has 26 heteroatoms. The van der Waals surface area contributed by atoms with Gasteiger partial charge in [-0.1, -0.05) is 12.1 Å². The van der Waals surface area contributed by atoms with Crippen molar-refractivity contribution in [3.63, 3.8) is 0 Å². The molecular formula is C67H65N9O14S3. The van der Waals surface area contributed by atoms with Gasteiger partial charge in [-0.2, -0.15) is 0 Å². The van der Waals surface area contributed by atoms with E-state index in [1.165, 1.54) is 42.4 Å². The number of nitrogens with one attached hydrogen (secondary N) is 3. The van der Waals surface area contributed by atoms with Gasteiger partial charge < -0.3 is 68.1 Å². The Morgan fingerprint density at radius 1 is 0.452 bits per heavy atom. The number of para-hydroxylation sites is 2. The molecule has 93 heavy (non-hydrogen) atoms. The summed E-state index contributed by atoms with van der Waals surface area (Å²) in [6.45, 7) is 30.6. The van der Waals surface area contributed by atoms with Crippen LogP contribution in [0.2, 0.25) is 0 Å². The SMILES string of the molecule is [C-]#[N+]c1cc2c(nc1SCC(=O)Nc1cc(OCC)ccc1OCC)=CC1OCCOC1C=2.[C-]#[N+]c1cc2c(nc1SCC(=O)Nc1ccc(OC)cc1OC)=CC1OCCOC1C=2.[C-]#[N+]c1cc2c(nc1SCC(=O)Nc1ccccc1OC)=CC1OCCOC1C=2. The quantitative estimate of drug-likeness (QED) is 0.0623. The van der Waals surface area contributed by atoms with Crippen LogP contribution in [-0.2, 0) is 42.8 Å². The predicted molar refractivity (Wildman–Crippen MR) is 354 cm³/mol. The van der Waals surface area contributed by atoms with Crippen molar-refractivity contribution in [2.75, 3.05) is 107 Å². The molecule has 3 N–H and O–H groups in total. The van der Waals surface area contributed by atoms with Crippen LogP contribution >= 0.6 is 35.3 Å². The summed E-state index contributed by atoms with van der Waals surface area (Å²) in [6, 6.07) is 23.1. The second-order valence-electron chi connectivity index (χ2n) is 20.5. The molecule has 3 amide bonds. The van der Waals surface area contributed by atoms with Gasteiger partial charge in [0.25, 0.3) is 0 Å². The van der Waals surface area contributed by atoms with Crippen LogP contribution in [0.4, 0.5) is 34.1 Å². The summed E-state index contributed by atoms with van der Waals surface area (Å²) in [5.41, 5.74) is 2.91. The Bertz CT molecular complexity index is 4310. The molecule has 6 atom stereocenters. The second-order valence-corrected chi connectivity index (χ2v) is 23.4. The Labute approximate surface area is 548 Å². The first-order chi connectivity index (χ1) is 45.4. The lowest BCUT2D eigenvalue weighted by atomic mass is 10.1. The van der Waals surface area contributed by atoms with Crippen LogP contribution in [0.15, 0.2) is 93.9 Å². The Morgan fingerprint density at radius 2 is 0.839 bits per heavy atom. The summed E-state index contributed by atoms with van der Waals surface area (Å²) < 4.78 is 61.3. The third-order valence-corrected chi connectivity index (χ3v) is 17.4. The lowest BCUT2D eigenvalue weighted by Crippen LogP contribution is -2.45. The van der Waals surface area contributed by atoms with Gasteiger partial charge in [-0.25, -0.2) is 14.5 Å². The molecular weight excluding hydrogens is 1250 g/mol. The standard InChI is InChI=1S/C24H25N3O5S.C22H21N3O5S.C21H19N3O4S/c1-4-29-16-6-7-20(30-5-2)18(12-16)26-23(28)14-33-24-19(25-3)10-15-11-21-22(13-17(15)27-24)32-9-8-31-21;1-23-17-8-13-9-19-20(30-7-6-29-19)11-16(13)25-22(17)31-12-21(26)24-15-5-4-14(27-2)10-18(15)28-3;1-22-16-9-13-10-18-19(28-8-7-27-18)11-15(13)24-21(16)29-12-20(25)23-14-5-3-4-6-17(14)26-2/h6-7,10-13,21-22H,4-5,8-9,14H2,1-2H3,(H,26,28);4-5,8-11,19-20H,6-7,12H2,2-3H3,(H,24,26);3-6,9-11,18-19H,7-8,12H2,2H3,(H,23,25). The number of benzene rings is 3. The average molecular weight is 1320 g/mol. The van der Waals surface area contributed by atoms with E-state index >= 15 is 0 Å². The van der Waals surface area contributed by atoms with Gasteiger partial charge in [0.1, 0.15) is 80.4 Å². The smallest absolute Gasteiger partial charge is 0.234 e. The van der Waals surface area contributed by atoms with Crippen LogP contribution in [0.25, 0.3) is 51.0 Å². The molecule has 0 bridgehead atoms. The normalized spacial score (nSPS) is 19.0. The van der Waals surface area contributed by atoms with E-state index in [-0.39, 0.29) is 71.6 Å². The predicted octanol–water partition coefficient (Wildman–Crippen LogP) is 5.99. The summed E-state index contributed by atoms with van der Waals surface area (Å²) >= 11 is 3.66. The van der Waals surface area contributed by atoms with Crippen molar-refractivity contribution in [2.45, 2.75) is 65.5 Å². The van der Waals surface area contributed by atoms with Crippen molar-refractivity contribution in [3.8, 4) is 28.7 Å². The van der Waals surface area contributed by atoms with Crippen LogP contribution in [-0.4, -0.2) is 161 Å². The summed E-state index contributed by atoms with van der Waals surface area (Å²) in [4.78, 5) is 62.2. The lowest BCUT2D eigenvalue weighted by Gasteiger charge is -2.29. The third kappa shape index (κ3) is 17.2. The fourth-order valence-corrected chi connectivity index (χ4v) is 12.5. The first kappa shape index (κ1) is 66.9. The van der Waals surface area contributed by atoms with Crippen LogP contribution in [0.5, 0.6) is 28.7 Å². The molecule has 3 aliphatic carbocycles. The molecule has 0 saturated carbocycles. The van der Waals surface area contributed by atoms with Gasteiger partial charge in [0, 0.05) is 12.1 Å². The maximum Gasteiger partial charge on any atom is 0.234 e. The average Bonchev–Trinajstić information content (AvgIpc) is 0.954. The highest BCUT2D eigenvalue weighted by atomic mass is 32.2. The van der Waals surface area contributed by atoms with E-state index in [0.29, 0.717) is 131 Å². The molecule has 3 aromatic heterocycles. The van der Waals surface area contributed by atoms with E-state index in [9.17, 15) is 14.4 Å². The Hall–Kier alpha value is -8.98. The molecule has 23 nitrogen and oxygen atoms in total. The number of thioether (sulfide) groups is 3. The Balaban J connectivity index is 0.000000153. The van der Waals surface area contributed by atoms with Crippen LogP contribution in [0.3, 0.4) is 0 Å². The van der Waals surface area contributed by atoms with Gasteiger partial charge in [0.15, 0.2) is 0 Å². The summed E-state index contributed by atoms with van der Waals surface area (Å²) in [5.74, 6) is 2.59. The van der Waals surface area contributed by atoms with E-state index in [1.807, 2.05) is 62.4 Å². The van der Waals surface area contributed by atoms with E-state index in [1.54, 1.807) is 80.9 Å². The minimum Gasteiger partial charge on any atom is -0.497 e. The van der Waals surface area contributed by atoms with Crippen LogP contribution in [0.1, 0.15) is 13.8 Å². The minimum atomic E-state index is -0.233. The minimum absolute atomic E-state index is 0.0914. The number of methoxy groups -OCH3 is 3. The largest absolute Gasteiger partial charge is 0.497 e. The number of ether oxygens (including phenoxy) is 11. The molecule has 12 rings (SSSR count). The number of anilines is 3. The van der Waals surface area contributed by atoms with Gasteiger partial charge in [-0.15, -0.1) is 35.3 Å². The zero-order valence-electron chi connectivity index (χ0n) is 51.3. The molecule has 3 fully saturated rings. The number of hydrogen-bond acceptors (Lipinski definition) is 20. The molecule has 6 unspecified atom stereocenters.